The molecule has 162 valence electrons. The van der Waals surface area contributed by atoms with E-state index in [1.54, 1.807) is 24.3 Å². The van der Waals surface area contributed by atoms with Crippen molar-refractivity contribution in [2.75, 3.05) is 11.1 Å². The van der Waals surface area contributed by atoms with Gasteiger partial charge in [0.2, 0.25) is 5.91 Å². The lowest BCUT2D eigenvalue weighted by Crippen LogP contribution is -2.33. The van der Waals surface area contributed by atoms with Gasteiger partial charge in [0.15, 0.2) is 5.16 Å². The molecule has 0 aliphatic heterocycles. The largest absolute Gasteiger partial charge is 0.329 e. The Labute approximate surface area is 185 Å². The molecule has 2 heterocycles. The molecule has 0 saturated heterocycles. The second-order valence-electron chi connectivity index (χ2n) is 6.94. The van der Waals surface area contributed by atoms with E-state index in [1.807, 2.05) is 30.3 Å². The number of amides is 1. The third-order valence-corrected chi connectivity index (χ3v) is 5.57. The van der Waals surface area contributed by atoms with Crippen LogP contribution >= 0.6 is 11.8 Å². The van der Waals surface area contributed by atoms with E-state index >= 15 is 0 Å². The number of para-hydroxylation sites is 1. The minimum Gasteiger partial charge on any atom is -0.311 e. The van der Waals surface area contributed by atoms with E-state index in [1.165, 1.54) is 10.6 Å². The van der Waals surface area contributed by atoms with Gasteiger partial charge in [-0.25, -0.2) is 9.78 Å². The average Bonchev–Trinajstić information content (AvgIpc) is 2.78. The van der Waals surface area contributed by atoms with Crippen molar-refractivity contribution in [2.45, 2.75) is 18.1 Å². The van der Waals surface area contributed by atoms with E-state index in [0.29, 0.717) is 22.5 Å². The Kier molecular flexibility index (Phi) is 6.31. The third kappa shape index (κ3) is 5.03. The van der Waals surface area contributed by atoms with Crippen LogP contribution in [0.15, 0.2) is 80.2 Å². The van der Waals surface area contributed by atoms with E-state index in [-0.39, 0.29) is 23.7 Å². The van der Waals surface area contributed by atoms with Crippen molar-refractivity contribution < 1.29 is 4.79 Å². The number of benzene rings is 2. The SMILES string of the molecule is O=C(CSc1nc2ccccc2c(=O)[nH]1)Nc1cc(=O)[nH]c(=O)n1CCc1ccccc1. The van der Waals surface area contributed by atoms with Crippen LogP contribution in [-0.2, 0) is 17.8 Å². The first-order chi connectivity index (χ1) is 15.5. The van der Waals surface area contributed by atoms with E-state index in [0.717, 1.165) is 17.3 Å². The fourth-order valence-corrected chi connectivity index (χ4v) is 3.85. The molecule has 2 aromatic carbocycles. The maximum absolute atomic E-state index is 12.5. The lowest BCUT2D eigenvalue weighted by Gasteiger charge is -2.13. The molecular weight excluding hydrogens is 430 g/mol. The molecule has 0 bridgehead atoms. The van der Waals surface area contributed by atoms with Crippen LogP contribution in [0.2, 0.25) is 0 Å². The first-order valence-corrected chi connectivity index (χ1v) is 10.8. The molecule has 1 amide bonds. The number of carbonyl (C=O) groups is 1. The van der Waals surface area contributed by atoms with Crippen LogP contribution in [-0.4, -0.2) is 31.2 Å². The van der Waals surface area contributed by atoms with Crippen molar-refractivity contribution in [3.63, 3.8) is 0 Å². The number of aryl methyl sites for hydroxylation is 1. The molecule has 2 aromatic heterocycles. The normalized spacial score (nSPS) is 10.9. The summed E-state index contributed by atoms with van der Waals surface area (Å²) in [6, 6.07) is 17.6. The molecule has 0 fully saturated rings. The van der Waals surface area contributed by atoms with Crippen molar-refractivity contribution in [1.82, 2.24) is 19.5 Å². The van der Waals surface area contributed by atoms with E-state index in [2.05, 4.69) is 20.3 Å². The van der Waals surface area contributed by atoms with Crippen molar-refractivity contribution in [2.24, 2.45) is 0 Å². The number of aromatic nitrogens is 4. The Morgan fingerprint density at radius 2 is 1.75 bits per heavy atom. The fraction of sp³-hybridized carbons (Fsp3) is 0.136. The molecule has 4 aromatic rings. The minimum absolute atomic E-state index is 0.0685. The number of thioether (sulfide) groups is 1. The third-order valence-electron chi connectivity index (χ3n) is 4.70. The smallest absolute Gasteiger partial charge is 0.311 e. The molecule has 10 heteroatoms. The lowest BCUT2D eigenvalue weighted by molar-refractivity contribution is -0.113. The number of H-pyrrole nitrogens is 2. The highest BCUT2D eigenvalue weighted by atomic mass is 32.2. The molecule has 0 aliphatic carbocycles. The summed E-state index contributed by atoms with van der Waals surface area (Å²) in [5.74, 6) is -0.398. The first kappa shape index (κ1) is 21.3. The number of hydrogen-bond donors (Lipinski definition) is 3. The molecule has 0 atom stereocenters. The zero-order valence-corrected chi connectivity index (χ0v) is 17.6. The topological polar surface area (TPSA) is 130 Å². The molecule has 4 rings (SSSR count). The Balaban J connectivity index is 1.47. The number of fused-ring (bicyclic) bond motifs is 1. The molecule has 3 N–H and O–H groups in total. The zero-order valence-electron chi connectivity index (χ0n) is 16.8. The summed E-state index contributed by atoms with van der Waals surface area (Å²) in [5, 5.41) is 3.38. The zero-order chi connectivity index (χ0) is 22.5. The Morgan fingerprint density at radius 1 is 1.00 bits per heavy atom. The van der Waals surface area contributed by atoms with Gasteiger partial charge in [-0.3, -0.25) is 23.9 Å². The summed E-state index contributed by atoms with van der Waals surface area (Å²) < 4.78 is 1.31. The van der Waals surface area contributed by atoms with Gasteiger partial charge in [-0.2, -0.15) is 0 Å². The minimum atomic E-state index is -0.602. The van der Waals surface area contributed by atoms with Gasteiger partial charge in [-0.1, -0.05) is 54.2 Å². The van der Waals surface area contributed by atoms with Crippen molar-refractivity contribution in [1.29, 1.82) is 0 Å². The van der Waals surface area contributed by atoms with Gasteiger partial charge < -0.3 is 10.3 Å². The van der Waals surface area contributed by atoms with Crippen LogP contribution in [0.25, 0.3) is 10.9 Å². The van der Waals surface area contributed by atoms with Gasteiger partial charge in [-0.05, 0) is 24.1 Å². The second-order valence-corrected chi connectivity index (χ2v) is 7.90. The maximum Gasteiger partial charge on any atom is 0.329 e. The van der Waals surface area contributed by atoms with Gasteiger partial charge in [0, 0.05) is 12.6 Å². The molecule has 0 saturated carbocycles. The summed E-state index contributed by atoms with van der Waals surface area (Å²) in [4.78, 5) is 58.0. The predicted molar refractivity (Wildman–Crippen MR) is 123 cm³/mol. The van der Waals surface area contributed by atoms with E-state index < -0.39 is 17.2 Å². The van der Waals surface area contributed by atoms with Crippen molar-refractivity contribution in [3.05, 3.63) is 97.4 Å². The molecule has 9 nitrogen and oxygen atoms in total. The Bertz CT molecular complexity index is 1440. The number of carbonyl (C=O) groups excluding carboxylic acids is 1. The number of rotatable bonds is 7. The van der Waals surface area contributed by atoms with Gasteiger partial charge in [0.1, 0.15) is 5.82 Å². The second kappa shape index (κ2) is 9.48. The summed E-state index contributed by atoms with van der Waals surface area (Å²) in [5.41, 5.74) is 0.0578. The fourth-order valence-electron chi connectivity index (χ4n) is 3.18. The van der Waals surface area contributed by atoms with Crippen LogP contribution < -0.4 is 22.1 Å². The predicted octanol–water partition coefficient (Wildman–Crippen LogP) is 1.75. The number of anilines is 1. The summed E-state index contributed by atoms with van der Waals surface area (Å²) >= 11 is 1.05. The number of nitrogens with one attached hydrogen (secondary N) is 3. The number of hydrogen-bond acceptors (Lipinski definition) is 6. The lowest BCUT2D eigenvalue weighted by atomic mass is 10.1. The van der Waals surface area contributed by atoms with E-state index in [9.17, 15) is 19.2 Å². The van der Waals surface area contributed by atoms with Crippen molar-refractivity contribution >= 4 is 34.4 Å². The highest BCUT2D eigenvalue weighted by molar-refractivity contribution is 7.99. The van der Waals surface area contributed by atoms with Crippen molar-refractivity contribution in [3.8, 4) is 0 Å². The summed E-state index contributed by atoms with van der Waals surface area (Å²) in [7, 11) is 0. The molecule has 0 aliphatic rings. The van der Waals surface area contributed by atoms with Gasteiger partial charge in [0.05, 0.1) is 16.7 Å². The summed E-state index contributed by atoms with van der Waals surface area (Å²) in [6.45, 7) is 0.280. The highest BCUT2D eigenvalue weighted by Crippen LogP contribution is 2.15. The molecular formula is C22H19N5O4S. The highest BCUT2D eigenvalue weighted by Gasteiger charge is 2.12. The number of nitrogens with zero attached hydrogens (tertiary/aromatic N) is 2. The van der Waals surface area contributed by atoms with Gasteiger partial charge >= 0.3 is 5.69 Å². The van der Waals surface area contributed by atoms with Crippen LogP contribution in [0.5, 0.6) is 0 Å². The monoisotopic (exact) mass is 449 g/mol. The maximum atomic E-state index is 12.5. The average molecular weight is 449 g/mol. The van der Waals surface area contributed by atoms with Gasteiger partial charge in [0.25, 0.3) is 11.1 Å². The Hall–Kier alpha value is -3.92. The van der Waals surface area contributed by atoms with Crippen LogP contribution in [0.4, 0.5) is 5.82 Å². The number of aromatic amines is 2. The molecule has 0 unspecified atom stereocenters. The summed E-state index contributed by atoms with van der Waals surface area (Å²) in [6.07, 6.45) is 0.548. The van der Waals surface area contributed by atoms with Gasteiger partial charge in [-0.15, -0.1) is 0 Å². The van der Waals surface area contributed by atoms with Crippen LogP contribution in [0.1, 0.15) is 5.56 Å². The molecule has 0 spiro atoms. The first-order valence-electron chi connectivity index (χ1n) is 9.79. The molecule has 0 radical (unpaired) electrons. The standard InChI is InChI=1S/C22H19N5O4S/c28-18-12-17(27(22(31)25-18)11-10-14-6-2-1-3-7-14)24-19(29)13-32-21-23-16-9-5-4-8-15(16)20(30)26-21/h1-9,12H,10-11,13H2,(H,24,29)(H,23,26,30)(H,25,28,31). The van der Waals surface area contributed by atoms with E-state index in [4.69, 9.17) is 0 Å². The Morgan fingerprint density at radius 3 is 2.56 bits per heavy atom. The van der Waals surface area contributed by atoms with Crippen LogP contribution in [0.3, 0.4) is 0 Å². The quantitative estimate of drug-likeness (QED) is 0.291. The van der Waals surface area contributed by atoms with Crippen LogP contribution in [0, 0.1) is 0 Å². The molecule has 32 heavy (non-hydrogen) atoms.